The van der Waals surface area contributed by atoms with Crippen molar-refractivity contribution in [2.75, 3.05) is 0 Å². The van der Waals surface area contributed by atoms with Crippen molar-refractivity contribution in [1.29, 1.82) is 0 Å². The summed E-state index contributed by atoms with van der Waals surface area (Å²) in [6, 6.07) is 0. The fraction of sp³-hybridized carbons (Fsp3) is 0.700. The molecule has 0 heterocycles. The summed E-state index contributed by atoms with van der Waals surface area (Å²) in [6.07, 6.45) is 12.1. The zero-order valence-electron chi connectivity index (χ0n) is 7.34. The minimum atomic E-state index is 1.18. The molecule has 0 aliphatic heterocycles. The van der Waals surface area contributed by atoms with Crippen LogP contribution in [-0.4, -0.2) is 6.21 Å². The van der Waals surface area contributed by atoms with E-state index in [2.05, 4.69) is 11.1 Å². The topological polar surface area (TPSA) is 12.4 Å². The van der Waals surface area contributed by atoms with E-state index in [1.807, 2.05) is 13.1 Å². The third-order valence-electron chi connectivity index (χ3n) is 2.06. The lowest BCUT2D eigenvalue weighted by Crippen LogP contribution is -1.87. The van der Waals surface area contributed by atoms with Crippen molar-refractivity contribution >= 4 is 6.21 Å². The van der Waals surface area contributed by atoms with Gasteiger partial charge in [-0.3, -0.25) is 4.99 Å². The minimum Gasteiger partial charge on any atom is -0.266 e. The van der Waals surface area contributed by atoms with E-state index < -0.39 is 0 Å². The Balaban J connectivity index is 2.45. The molecule has 1 heteroatoms. The van der Waals surface area contributed by atoms with Crippen molar-refractivity contribution < 1.29 is 0 Å². The summed E-state index contributed by atoms with van der Waals surface area (Å²) in [7, 11) is 0. The molecule has 0 atom stereocenters. The Morgan fingerprint density at radius 3 is 2.91 bits per heavy atom. The Morgan fingerprint density at radius 1 is 1.27 bits per heavy atom. The summed E-state index contributed by atoms with van der Waals surface area (Å²) in [5.41, 5.74) is 1.30. The van der Waals surface area contributed by atoms with Gasteiger partial charge in [-0.05, 0) is 32.6 Å². The Morgan fingerprint density at radius 2 is 2.09 bits per heavy atom. The Kier molecular flexibility index (Phi) is 3.95. The van der Waals surface area contributed by atoms with Gasteiger partial charge in [-0.25, -0.2) is 0 Å². The van der Waals surface area contributed by atoms with Gasteiger partial charge in [0.1, 0.15) is 0 Å². The number of nitrogens with zero attached hydrogens (tertiary/aromatic N) is 1. The summed E-state index contributed by atoms with van der Waals surface area (Å²) in [4.78, 5) is 4.32. The van der Waals surface area contributed by atoms with Crippen LogP contribution in [0.15, 0.2) is 16.8 Å². The second kappa shape index (κ2) is 5.11. The maximum Gasteiger partial charge on any atom is 0.0359 e. The van der Waals surface area contributed by atoms with Gasteiger partial charge in [0, 0.05) is 11.9 Å². The highest BCUT2D eigenvalue weighted by molar-refractivity contribution is 5.55. The maximum absolute atomic E-state index is 4.32. The van der Waals surface area contributed by atoms with Gasteiger partial charge < -0.3 is 0 Å². The number of rotatable bonds is 1. The van der Waals surface area contributed by atoms with Crippen LogP contribution in [-0.2, 0) is 0 Å². The molecule has 0 spiro atoms. The molecule has 0 radical (unpaired) electrons. The molecule has 0 unspecified atom stereocenters. The van der Waals surface area contributed by atoms with Crippen molar-refractivity contribution in [2.24, 2.45) is 4.99 Å². The van der Waals surface area contributed by atoms with Crippen molar-refractivity contribution in [2.45, 2.75) is 45.4 Å². The van der Waals surface area contributed by atoms with Crippen molar-refractivity contribution in [3.05, 3.63) is 11.8 Å². The van der Waals surface area contributed by atoms with E-state index in [0.717, 1.165) is 0 Å². The van der Waals surface area contributed by atoms with Crippen LogP contribution >= 0.6 is 0 Å². The predicted molar refractivity (Wildman–Crippen MR) is 50.0 cm³/mol. The van der Waals surface area contributed by atoms with Crippen LogP contribution in [0, 0.1) is 0 Å². The van der Waals surface area contributed by atoms with E-state index in [4.69, 9.17) is 0 Å². The second-order valence-electron chi connectivity index (χ2n) is 3.04. The molecule has 0 aromatic heterocycles. The molecule has 62 valence electrons. The molecule has 0 N–H and O–H groups in total. The van der Waals surface area contributed by atoms with E-state index in [1.54, 1.807) is 0 Å². The molecule has 1 rings (SSSR count). The van der Waals surface area contributed by atoms with Crippen LogP contribution in [0.5, 0.6) is 0 Å². The second-order valence-corrected chi connectivity index (χ2v) is 3.04. The van der Waals surface area contributed by atoms with Crippen molar-refractivity contribution in [3.63, 3.8) is 0 Å². The van der Waals surface area contributed by atoms with Gasteiger partial charge in [0.25, 0.3) is 0 Å². The summed E-state index contributed by atoms with van der Waals surface area (Å²) in [5, 5.41) is 0. The van der Waals surface area contributed by atoms with Gasteiger partial charge in [0.05, 0.1) is 0 Å². The number of allylic oxidation sites excluding steroid dienone is 2. The largest absolute Gasteiger partial charge is 0.266 e. The van der Waals surface area contributed by atoms with Crippen LogP contribution < -0.4 is 0 Å². The van der Waals surface area contributed by atoms with Gasteiger partial charge in [-0.15, -0.1) is 0 Å². The zero-order chi connectivity index (χ0) is 7.94. The van der Waals surface area contributed by atoms with E-state index in [9.17, 15) is 0 Å². The van der Waals surface area contributed by atoms with Crippen LogP contribution in [0.1, 0.15) is 45.4 Å². The lowest BCUT2D eigenvalue weighted by Gasteiger charge is -2.06. The lowest BCUT2D eigenvalue weighted by molar-refractivity contribution is 0.623. The number of aliphatic imine (C=N–C) groups is 1. The standard InChI is InChI=1S/C10H17N/c1-2-11-10-8-6-4-3-5-7-9-10/h2,8H,3-7,9H2,1H3. The predicted octanol–water partition coefficient (Wildman–Crippen LogP) is 3.32. The normalized spacial score (nSPS) is 21.0. The number of hydrogen-bond donors (Lipinski definition) is 0. The first-order valence-corrected chi connectivity index (χ1v) is 4.61. The van der Waals surface area contributed by atoms with Gasteiger partial charge in [-0.2, -0.15) is 0 Å². The molecule has 0 saturated heterocycles. The third kappa shape index (κ3) is 3.35. The first kappa shape index (κ1) is 8.51. The Bertz CT molecular complexity index is 156. The fourth-order valence-electron chi connectivity index (χ4n) is 1.46. The quantitative estimate of drug-likeness (QED) is 0.510. The van der Waals surface area contributed by atoms with Gasteiger partial charge in [0.2, 0.25) is 0 Å². The lowest BCUT2D eigenvalue weighted by atomic mass is 10.0. The first-order valence-electron chi connectivity index (χ1n) is 4.61. The highest BCUT2D eigenvalue weighted by Crippen LogP contribution is 2.17. The molecular weight excluding hydrogens is 134 g/mol. The maximum atomic E-state index is 4.32. The van der Waals surface area contributed by atoms with Gasteiger partial charge in [-0.1, -0.05) is 18.9 Å². The first-order chi connectivity index (χ1) is 5.43. The van der Waals surface area contributed by atoms with E-state index in [0.29, 0.717) is 0 Å². The molecule has 1 aliphatic carbocycles. The Hall–Kier alpha value is -0.590. The van der Waals surface area contributed by atoms with Gasteiger partial charge in [0.15, 0.2) is 0 Å². The van der Waals surface area contributed by atoms with E-state index in [1.165, 1.54) is 44.2 Å². The smallest absolute Gasteiger partial charge is 0.0359 e. The molecule has 0 aromatic rings. The summed E-state index contributed by atoms with van der Waals surface area (Å²) in [5.74, 6) is 0. The third-order valence-corrected chi connectivity index (χ3v) is 2.06. The van der Waals surface area contributed by atoms with Crippen molar-refractivity contribution in [3.8, 4) is 0 Å². The summed E-state index contributed by atoms with van der Waals surface area (Å²) < 4.78 is 0. The average Bonchev–Trinajstić information content (AvgIpc) is 1.94. The molecule has 1 nitrogen and oxygen atoms in total. The SMILES string of the molecule is CC=NC1=CCCCCCC1. The summed E-state index contributed by atoms with van der Waals surface area (Å²) in [6.45, 7) is 1.99. The molecule has 0 aromatic carbocycles. The Labute approximate surface area is 69.2 Å². The molecule has 1 aliphatic rings. The molecule has 0 bridgehead atoms. The molecule has 0 saturated carbocycles. The van der Waals surface area contributed by atoms with Gasteiger partial charge >= 0.3 is 0 Å². The van der Waals surface area contributed by atoms with E-state index in [-0.39, 0.29) is 0 Å². The minimum absolute atomic E-state index is 1.18. The molecule has 0 fully saturated rings. The monoisotopic (exact) mass is 151 g/mol. The van der Waals surface area contributed by atoms with Crippen LogP contribution in [0.2, 0.25) is 0 Å². The average molecular weight is 151 g/mol. The zero-order valence-corrected chi connectivity index (χ0v) is 7.34. The van der Waals surface area contributed by atoms with Crippen LogP contribution in [0.3, 0.4) is 0 Å². The van der Waals surface area contributed by atoms with E-state index >= 15 is 0 Å². The highest BCUT2D eigenvalue weighted by atomic mass is 14.7. The number of hydrogen-bond acceptors (Lipinski definition) is 1. The van der Waals surface area contributed by atoms with Crippen molar-refractivity contribution in [1.82, 2.24) is 0 Å². The molecule has 11 heavy (non-hydrogen) atoms. The highest BCUT2D eigenvalue weighted by Gasteiger charge is 1.98. The molecule has 0 amide bonds. The summed E-state index contributed by atoms with van der Waals surface area (Å²) >= 11 is 0. The fourth-order valence-corrected chi connectivity index (χ4v) is 1.46. The molecular formula is C10H17N. The van der Waals surface area contributed by atoms with Crippen LogP contribution in [0.25, 0.3) is 0 Å². The van der Waals surface area contributed by atoms with Crippen LogP contribution in [0.4, 0.5) is 0 Å².